The van der Waals surface area contributed by atoms with Gasteiger partial charge < -0.3 is 14.5 Å². The van der Waals surface area contributed by atoms with E-state index in [9.17, 15) is 18.0 Å². The average Bonchev–Trinajstić information content (AvgIpc) is 2.76. The van der Waals surface area contributed by atoms with E-state index < -0.39 is 10.0 Å². The smallest absolute Gasteiger partial charge is 0.410 e. The summed E-state index contributed by atoms with van der Waals surface area (Å²) in [6, 6.07) is 0.165. The minimum absolute atomic E-state index is 0.0123. The van der Waals surface area contributed by atoms with Gasteiger partial charge in [0.15, 0.2) is 0 Å². The Kier molecular flexibility index (Phi) is 7.54. The Balaban J connectivity index is 1.49. The van der Waals surface area contributed by atoms with E-state index >= 15 is 0 Å². The van der Waals surface area contributed by atoms with E-state index in [-0.39, 0.29) is 42.3 Å². The molecule has 0 spiro atoms. The molecule has 4 fully saturated rings. The van der Waals surface area contributed by atoms with E-state index in [4.69, 9.17) is 4.74 Å². The van der Waals surface area contributed by atoms with E-state index in [0.29, 0.717) is 30.8 Å². The summed E-state index contributed by atoms with van der Waals surface area (Å²) in [7, 11) is -3.16. The standard InChI is InChI=1S/C25H43N3O5S/c1-16(2)33-25(30)26-15-17(3)28(18(4)29)23-11-9-20(14-24(23)26)19-8-10-22-21(13-19)7-6-12-27(22)34(5,31)32/h16-17,19-24H,6-15H2,1-5H3/t17-,19?,20?,21?,22?,23?,24?/m0/s1. The fourth-order valence-corrected chi connectivity index (χ4v) is 8.83. The highest BCUT2D eigenvalue weighted by Gasteiger charge is 2.49. The monoisotopic (exact) mass is 497 g/mol. The second-order valence-corrected chi connectivity index (χ2v) is 13.4. The highest BCUT2D eigenvalue weighted by Crippen LogP contribution is 2.47. The lowest BCUT2D eigenvalue weighted by Crippen LogP contribution is -2.67. The van der Waals surface area contributed by atoms with Crippen molar-refractivity contribution in [2.24, 2.45) is 17.8 Å². The normalized spacial score (nSPS) is 37.2. The summed E-state index contributed by atoms with van der Waals surface area (Å²) in [5.41, 5.74) is 0. The van der Waals surface area contributed by atoms with Gasteiger partial charge in [0.05, 0.1) is 24.4 Å². The van der Waals surface area contributed by atoms with Gasteiger partial charge in [-0.1, -0.05) is 0 Å². The first kappa shape index (κ1) is 25.7. The van der Waals surface area contributed by atoms with Crippen molar-refractivity contribution in [3.63, 3.8) is 0 Å². The van der Waals surface area contributed by atoms with Crippen LogP contribution in [0.1, 0.15) is 79.1 Å². The van der Waals surface area contributed by atoms with Crippen molar-refractivity contribution in [1.29, 1.82) is 0 Å². The summed E-state index contributed by atoms with van der Waals surface area (Å²) in [4.78, 5) is 29.4. The molecular weight excluding hydrogens is 454 g/mol. The van der Waals surface area contributed by atoms with Crippen molar-refractivity contribution in [2.75, 3.05) is 19.3 Å². The van der Waals surface area contributed by atoms with Crippen LogP contribution in [0.2, 0.25) is 0 Å². The highest BCUT2D eigenvalue weighted by atomic mass is 32.2. The molecule has 6 unspecified atom stereocenters. The second-order valence-electron chi connectivity index (χ2n) is 11.5. The molecule has 0 N–H and O–H groups in total. The van der Waals surface area contributed by atoms with Gasteiger partial charge in [-0.3, -0.25) is 4.79 Å². The fraction of sp³-hybridized carbons (Fsp3) is 0.920. The molecular formula is C25H43N3O5S. The van der Waals surface area contributed by atoms with Gasteiger partial charge >= 0.3 is 6.09 Å². The first-order valence-corrected chi connectivity index (χ1v) is 15.0. The van der Waals surface area contributed by atoms with Crippen molar-refractivity contribution < 1.29 is 22.7 Å². The summed E-state index contributed by atoms with van der Waals surface area (Å²) in [5, 5.41) is 0. The van der Waals surface area contributed by atoms with Gasteiger partial charge in [0.25, 0.3) is 0 Å². The van der Waals surface area contributed by atoms with Gasteiger partial charge in [-0.05, 0) is 89.9 Å². The summed E-state index contributed by atoms with van der Waals surface area (Å²) in [5.74, 6) is 1.56. The number of hydrogen-bond donors (Lipinski definition) is 0. The van der Waals surface area contributed by atoms with Crippen molar-refractivity contribution in [1.82, 2.24) is 14.1 Å². The van der Waals surface area contributed by atoms with E-state index in [0.717, 1.165) is 51.4 Å². The summed E-state index contributed by atoms with van der Waals surface area (Å²) in [6.45, 7) is 8.58. The van der Waals surface area contributed by atoms with E-state index in [1.807, 2.05) is 30.6 Å². The van der Waals surface area contributed by atoms with Crippen LogP contribution in [0.5, 0.6) is 0 Å². The zero-order chi connectivity index (χ0) is 24.8. The minimum Gasteiger partial charge on any atom is -0.447 e. The minimum atomic E-state index is -3.16. The van der Waals surface area contributed by atoms with Crippen molar-refractivity contribution >= 4 is 22.0 Å². The Bertz CT molecular complexity index is 878. The number of piperazine rings is 1. The van der Waals surface area contributed by atoms with Crippen LogP contribution in [0, 0.1) is 17.8 Å². The van der Waals surface area contributed by atoms with Crippen molar-refractivity contribution in [3.8, 4) is 0 Å². The Morgan fingerprint density at radius 2 is 1.56 bits per heavy atom. The molecule has 0 bridgehead atoms. The molecule has 4 rings (SSSR count). The first-order chi connectivity index (χ1) is 16.0. The van der Waals surface area contributed by atoms with Gasteiger partial charge in [-0.15, -0.1) is 0 Å². The fourth-order valence-electron chi connectivity index (χ4n) is 7.60. The van der Waals surface area contributed by atoms with Gasteiger partial charge in [0, 0.05) is 32.1 Å². The molecule has 34 heavy (non-hydrogen) atoms. The Labute approximate surface area is 205 Å². The molecule has 0 aromatic heterocycles. The molecule has 2 amide bonds. The Morgan fingerprint density at radius 3 is 2.18 bits per heavy atom. The lowest BCUT2D eigenvalue weighted by atomic mass is 9.65. The Hall–Kier alpha value is -1.35. The zero-order valence-corrected chi connectivity index (χ0v) is 22.3. The third-order valence-corrected chi connectivity index (χ3v) is 10.2. The van der Waals surface area contributed by atoms with Crippen molar-refractivity contribution in [2.45, 2.75) is 109 Å². The average molecular weight is 498 g/mol. The largest absolute Gasteiger partial charge is 0.447 e. The molecule has 4 aliphatic rings. The van der Waals surface area contributed by atoms with Crippen LogP contribution in [-0.2, 0) is 19.6 Å². The molecule has 2 aliphatic heterocycles. The molecule has 0 radical (unpaired) electrons. The molecule has 9 heteroatoms. The van der Waals surface area contributed by atoms with Gasteiger partial charge in [-0.25, -0.2) is 13.2 Å². The number of sulfonamides is 1. The number of carbonyl (C=O) groups is 2. The summed E-state index contributed by atoms with van der Waals surface area (Å²) in [6.07, 6.45) is 8.86. The molecule has 8 nitrogen and oxygen atoms in total. The van der Waals surface area contributed by atoms with Crippen LogP contribution in [0.3, 0.4) is 0 Å². The molecule has 194 valence electrons. The number of nitrogens with zero attached hydrogens (tertiary/aromatic N) is 3. The SMILES string of the molecule is CC(=O)N1C2CCC(C3CCC4C(CCCN4S(C)(=O)=O)C3)CC2N(C(=O)OC(C)C)C[C@@H]1C. The lowest BCUT2D eigenvalue weighted by Gasteiger charge is -2.55. The summed E-state index contributed by atoms with van der Waals surface area (Å²) >= 11 is 0. The number of ether oxygens (including phenoxy) is 1. The summed E-state index contributed by atoms with van der Waals surface area (Å²) < 4.78 is 32.0. The maximum atomic E-state index is 13.0. The van der Waals surface area contributed by atoms with Crippen LogP contribution in [0.4, 0.5) is 4.79 Å². The van der Waals surface area contributed by atoms with E-state index in [1.165, 1.54) is 6.26 Å². The van der Waals surface area contributed by atoms with E-state index in [2.05, 4.69) is 0 Å². The maximum absolute atomic E-state index is 13.0. The number of rotatable bonds is 3. The van der Waals surface area contributed by atoms with Crippen LogP contribution in [-0.4, -0.2) is 84.1 Å². The molecule has 2 saturated heterocycles. The Morgan fingerprint density at radius 1 is 0.912 bits per heavy atom. The second kappa shape index (κ2) is 9.96. The first-order valence-electron chi connectivity index (χ1n) is 13.2. The van der Waals surface area contributed by atoms with Gasteiger partial charge in [0.2, 0.25) is 15.9 Å². The molecule has 2 heterocycles. The predicted octanol–water partition coefficient (Wildman–Crippen LogP) is 3.46. The number of fused-ring (bicyclic) bond motifs is 2. The van der Waals surface area contributed by atoms with Crippen molar-refractivity contribution in [3.05, 3.63) is 0 Å². The molecule has 2 aliphatic carbocycles. The number of piperidine rings is 1. The topological polar surface area (TPSA) is 87.2 Å². The third-order valence-electron chi connectivity index (χ3n) is 8.85. The molecule has 0 aromatic carbocycles. The van der Waals surface area contributed by atoms with Crippen LogP contribution < -0.4 is 0 Å². The van der Waals surface area contributed by atoms with Crippen LogP contribution in [0.25, 0.3) is 0 Å². The predicted molar refractivity (Wildman–Crippen MR) is 131 cm³/mol. The zero-order valence-electron chi connectivity index (χ0n) is 21.5. The quantitative estimate of drug-likeness (QED) is 0.596. The number of amides is 2. The lowest BCUT2D eigenvalue weighted by molar-refractivity contribution is -0.143. The molecule has 0 aromatic rings. The maximum Gasteiger partial charge on any atom is 0.410 e. The third kappa shape index (κ3) is 5.11. The van der Waals surface area contributed by atoms with Gasteiger partial charge in [-0.2, -0.15) is 4.31 Å². The number of hydrogen-bond acceptors (Lipinski definition) is 5. The van der Waals surface area contributed by atoms with Gasteiger partial charge in [0.1, 0.15) is 0 Å². The highest BCUT2D eigenvalue weighted by molar-refractivity contribution is 7.88. The van der Waals surface area contributed by atoms with Crippen LogP contribution in [0.15, 0.2) is 0 Å². The van der Waals surface area contributed by atoms with Crippen LogP contribution >= 0.6 is 0 Å². The van der Waals surface area contributed by atoms with E-state index in [1.54, 1.807) is 11.2 Å². The number of carbonyl (C=O) groups excluding carboxylic acids is 2. The molecule has 2 saturated carbocycles. The molecule has 7 atom stereocenters.